The zero-order chi connectivity index (χ0) is 13.2. The highest BCUT2D eigenvalue weighted by atomic mass is 35.5. The van der Waals surface area contributed by atoms with Crippen molar-refractivity contribution in [1.29, 1.82) is 0 Å². The third-order valence-corrected chi connectivity index (χ3v) is 4.58. The molecule has 0 radical (unpaired) electrons. The number of nitrogens with one attached hydrogen (secondary N) is 1. The van der Waals surface area contributed by atoms with Gasteiger partial charge in [0, 0.05) is 23.9 Å². The summed E-state index contributed by atoms with van der Waals surface area (Å²) in [6.45, 7) is 0. The lowest BCUT2D eigenvalue weighted by Gasteiger charge is -2.00. The summed E-state index contributed by atoms with van der Waals surface area (Å²) in [5, 5.41) is 1.83. The molecule has 0 bridgehead atoms. The van der Waals surface area contributed by atoms with Gasteiger partial charge in [-0.25, -0.2) is 4.98 Å². The molecule has 0 saturated heterocycles. The molecule has 0 aliphatic heterocycles. The Morgan fingerprint density at radius 1 is 1.11 bits per heavy atom. The number of nitrogens with zero attached hydrogens (tertiary/aromatic N) is 1. The number of fused-ring (bicyclic) bond motifs is 1. The summed E-state index contributed by atoms with van der Waals surface area (Å²) in [4.78, 5) is 7.19. The molecule has 0 saturated carbocycles. The van der Waals surface area contributed by atoms with Crippen molar-refractivity contribution in [3.05, 3.63) is 58.1 Å². The minimum atomic E-state index is 0.767. The molecular weight excluding hydrogens is 299 g/mol. The molecule has 3 aromatic rings. The van der Waals surface area contributed by atoms with Crippen LogP contribution >= 0.6 is 34.7 Å². The average molecular weight is 309 g/mol. The van der Waals surface area contributed by atoms with E-state index in [1.165, 1.54) is 5.56 Å². The molecule has 5 heteroatoms. The molecule has 0 fully saturated rings. The number of aromatic nitrogens is 1. The van der Waals surface area contributed by atoms with Gasteiger partial charge in [-0.15, -0.1) is 11.3 Å². The Kier molecular flexibility index (Phi) is 3.60. The quantitative estimate of drug-likeness (QED) is 0.680. The number of hydrogen-bond donors (Lipinski definition) is 1. The van der Waals surface area contributed by atoms with E-state index >= 15 is 0 Å². The molecule has 0 aliphatic carbocycles. The van der Waals surface area contributed by atoms with Crippen molar-refractivity contribution in [1.82, 2.24) is 4.98 Å². The topological polar surface area (TPSA) is 24.9 Å². The fraction of sp³-hybridized carbons (Fsp3) is 0.0714. The minimum Gasteiger partial charge on any atom is -0.299 e. The maximum Gasteiger partial charge on any atom is 0.0982 e. The van der Waals surface area contributed by atoms with Crippen LogP contribution < -0.4 is 4.84 Å². The van der Waals surface area contributed by atoms with Crippen molar-refractivity contribution < 1.29 is 0 Å². The van der Waals surface area contributed by atoms with E-state index in [0.717, 1.165) is 32.4 Å². The zero-order valence-corrected chi connectivity index (χ0v) is 12.2. The van der Waals surface area contributed by atoms with E-state index in [4.69, 9.17) is 23.4 Å². The Balaban J connectivity index is 1.90. The standard InChI is InChI=1S/C14H10Cl2N2S/c15-11-2-1-3-12-14(11)19-13(17-12)8-9-4-6-10(18-16)7-5-9/h1-7,18H,8H2. The third kappa shape index (κ3) is 2.68. The number of halogens is 2. The van der Waals surface area contributed by atoms with Crippen molar-refractivity contribution in [3.8, 4) is 0 Å². The van der Waals surface area contributed by atoms with Crippen LogP contribution in [-0.2, 0) is 6.42 Å². The lowest BCUT2D eigenvalue weighted by Crippen LogP contribution is -1.87. The van der Waals surface area contributed by atoms with Gasteiger partial charge in [0.2, 0.25) is 0 Å². The molecule has 2 aromatic carbocycles. The van der Waals surface area contributed by atoms with Gasteiger partial charge in [0.1, 0.15) is 0 Å². The van der Waals surface area contributed by atoms with E-state index < -0.39 is 0 Å². The highest BCUT2D eigenvalue weighted by molar-refractivity contribution is 7.19. The van der Waals surface area contributed by atoms with Gasteiger partial charge in [-0.05, 0) is 29.8 Å². The van der Waals surface area contributed by atoms with Crippen LogP contribution in [0.1, 0.15) is 10.6 Å². The summed E-state index contributed by atoms with van der Waals surface area (Å²) in [6, 6.07) is 13.8. The van der Waals surface area contributed by atoms with Crippen LogP contribution in [0.5, 0.6) is 0 Å². The molecule has 0 aliphatic rings. The smallest absolute Gasteiger partial charge is 0.0982 e. The normalized spacial score (nSPS) is 10.8. The monoisotopic (exact) mass is 308 g/mol. The molecule has 3 rings (SSSR count). The van der Waals surface area contributed by atoms with Crippen LogP contribution in [0.25, 0.3) is 10.2 Å². The highest BCUT2D eigenvalue weighted by Crippen LogP contribution is 2.30. The number of rotatable bonds is 3. The minimum absolute atomic E-state index is 0.767. The number of benzene rings is 2. The Morgan fingerprint density at radius 2 is 1.89 bits per heavy atom. The van der Waals surface area contributed by atoms with Gasteiger partial charge in [0.25, 0.3) is 0 Å². The molecule has 1 N–H and O–H groups in total. The van der Waals surface area contributed by atoms with Crippen LogP contribution in [-0.4, -0.2) is 4.98 Å². The van der Waals surface area contributed by atoms with Gasteiger partial charge in [0.05, 0.1) is 20.2 Å². The first-order valence-electron chi connectivity index (χ1n) is 5.76. The van der Waals surface area contributed by atoms with Crippen molar-refractivity contribution >= 4 is 50.6 Å². The first-order chi connectivity index (χ1) is 9.26. The molecule has 1 heterocycles. The van der Waals surface area contributed by atoms with Crippen LogP contribution in [0.2, 0.25) is 5.02 Å². The summed E-state index contributed by atoms with van der Waals surface area (Å²) in [5.74, 6) is 0. The summed E-state index contributed by atoms with van der Waals surface area (Å²) in [6.07, 6.45) is 0.804. The maximum absolute atomic E-state index is 6.16. The van der Waals surface area contributed by atoms with Gasteiger partial charge < -0.3 is 0 Å². The van der Waals surface area contributed by atoms with Crippen molar-refractivity contribution in [2.75, 3.05) is 4.84 Å². The van der Waals surface area contributed by atoms with E-state index in [1.54, 1.807) is 11.3 Å². The largest absolute Gasteiger partial charge is 0.299 e. The van der Waals surface area contributed by atoms with E-state index in [2.05, 4.69) is 9.82 Å². The van der Waals surface area contributed by atoms with Gasteiger partial charge in [0.15, 0.2) is 0 Å². The molecule has 96 valence electrons. The molecule has 0 unspecified atom stereocenters. The Morgan fingerprint density at radius 3 is 2.58 bits per heavy atom. The van der Waals surface area contributed by atoms with Gasteiger partial charge in [-0.3, -0.25) is 4.84 Å². The summed E-state index contributed by atoms with van der Waals surface area (Å²) in [5.41, 5.74) is 3.05. The van der Waals surface area contributed by atoms with Crippen LogP contribution in [0.15, 0.2) is 42.5 Å². The second-order valence-corrected chi connectivity index (χ2v) is 5.84. The summed E-state index contributed by atoms with van der Waals surface area (Å²) < 4.78 is 1.05. The van der Waals surface area contributed by atoms with Crippen LogP contribution in [0.3, 0.4) is 0 Å². The van der Waals surface area contributed by atoms with Gasteiger partial charge in [-0.2, -0.15) is 0 Å². The van der Waals surface area contributed by atoms with E-state index in [-0.39, 0.29) is 0 Å². The van der Waals surface area contributed by atoms with Gasteiger partial charge >= 0.3 is 0 Å². The second kappa shape index (κ2) is 5.37. The number of anilines is 1. The molecule has 0 spiro atoms. The lowest BCUT2D eigenvalue weighted by atomic mass is 10.1. The molecule has 2 nitrogen and oxygen atoms in total. The number of hydrogen-bond acceptors (Lipinski definition) is 3. The summed E-state index contributed by atoms with van der Waals surface area (Å²) >= 11 is 13.3. The van der Waals surface area contributed by atoms with Crippen LogP contribution in [0, 0.1) is 0 Å². The first-order valence-corrected chi connectivity index (χ1v) is 7.33. The van der Waals surface area contributed by atoms with Gasteiger partial charge in [-0.1, -0.05) is 29.8 Å². The predicted octanol–water partition coefficient (Wildman–Crippen LogP) is 5.11. The maximum atomic E-state index is 6.16. The van der Waals surface area contributed by atoms with Crippen molar-refractivity contribution in [2.24, 2.45) is 0 Å². The van der Waals surface area contributed by atoms with Crippen molar-refractivity contribution in [3.63, 3.8) is 0 Å². The number of thiazole rings is 1. The Bertz CT molecular complexity index is 707. The molecule has 19 heavy (non-hydrogen) atoms. The van der Waals surface area contributed by atoms with Crippen molar-refractivity contribution in [2.45, 2.75) is 6.42 Å². The third-order valence-electron chi connectivity index (χ3n) is 2.83. The fourth-order valence-corrected chi connectivity index (χ4v) is 3.31. The fourth-order valence-electron chi connectivity index (χ4n) is 1.90. The summed E-state index contributed by atoms with van der Waals surface area (Å²) in [7, 11) is 0. The molecule has 0 atom stereocenters. The van der Waals surface area contributed by atoms with E-state index in [0.29, 0.717) is 0 Å². The molecule has 1 aromatic heterocycles. The highest BCUT2D eigenvalue weighted by Gasteiger charge is 2.07. The first kappa shape index (κ1) is 12.7. The van der Waals surface area contributed by atoms with Crippen LogP contribution in [0.4, 0.5) is 5.69 Å². The zero-order valence-electron chi connectivity index (χ0n) is 9.86. The SMILES string of the molecule is ClNc1ccc(Cc2nc3cccc(Cl)c3s2)cc1. The average Bonchev–Trinajstić information content (AvgIpc) is 2.84. The molecule has 0 amide bonds. The molecular formula is C14H10Cl2N2S. The van der Waals surface area contributed by atoms with E-state index in [9.17, 15) is 0 Å². The van der Waals surface area contributed by atoms with E-state index in [1.807, 2.05) is 42.5 Å². The lowest BCUT2D eigenvalue weighted by molar-refractivity contribution is 1.16. The second-order valence-electron chi connectivity index (χ2n) is 4.16. The predicted molar refractivity (Wildman–Crippen MR) is 83.4 cm³/mol. The Hall–Kier alpha value is -1.29. The Labute approximate surface area is 125 Å².